The summed E-state index contributed by atoms with van der Waals surface area (Å²) in [5.74, 6) is 0.798. The monoisotopic (exact) mass is 288 g/mol. The zero-order valence-electron chi connectivity index (χ0n) is 11.9. The largest absolute Gasteiger partial charge is 0.352 e. The molecule has 1 fully saturated rings. The highest BCUT2D eigenvalue weighted by Crippen LogP contribution is 2.12. The van der Waals surface area contributed by atoms with Crippen molar-refractivity contribution in [1.82, 2.24) is 15.1 Å². The Balaban J connectivity index is 2.66. The molecule has 7 heteroatoms. The molecule has 0 unspecified atom stereocenters. The second-order valence-corrected chi connectivity index (χ2v) is 5.97. The van der Waals surface area contributed by atoms with E-state index in [0.29, 0.717) is 13.0 Å². The van der Waals surface area contributed by atoms with Gasteiger partial charge in [-0.3, -0.25) is 4.79 Å². The number of rotatable bonds is 5. The topological polar surface area (TPSA) is 78.7 Å². The molecule has 110 valence electrons. The lowest BCUT2D eigenvalue weighted by atomic mass is 10.1. The molecule has 3 amide bonds. The molecule has 3 N–H and O–H groups in total. The van der Waals surface area contributed by atoms with Gasteiger partial charge < -0.3 is 20.9 Å². The molecule has 0 radical (unpaired) electrons. The molecule has 0 aromatic carbocycles. The van der Waals surface area contributed by atoms with Crippen molar-refractivity contribution in [1.29, 1.82) is 0 Å². The molecule has 2 atom stereocenters. The first-order valence-electron chi connectivity index (χ1n) is 6.49. The number of nitrogens with two attached hydrogens (primary N) is 1. The third kappa shape index (κ3) is 4.91. The van der Waals surface area contributed by atoms with E-state index in [1.165, 1.54) is 0 Å². The molecule has 0 aromatic heterocycles. The smallest absolute Gasteiger partial charge is 0.312 e. The molecule has 6 nitrogen and oxygen atoms in total. The van der Waals surface area contributed by atoms with Crippen LogP contribution in [0.4, 0.5) is 4.79 Å². The van der Waals surface area contributed by atoms with Gasteiger partial charge in [-0.2, -0.15) is 11.8 Å². The number of likely N-dealkylation sites (N-methyl/N-ethyl adjacent to an activating group) is 1. The summed E-state index contributed by atoms with van der Waals surface area (Å²) in [6, 6.07) is -0.977. The summed E-state index contributed by atoms with van der Waals surface area (Å²) in [6.45, 7) is 4.45. The molecule has 0 aromatic rings. The van der Waals surface area contributed by atoms with E-state index in [-0.39, 0.29) is 11.9 Å². The molecule has 1 rings (SSSR count). The fourth-order valence-electron chi connectivity index (χ4n) is 2.33. The average molecular weight is 288 g/mol. The van der Waals surface area contributed by atoms with Crippen LogP contribution < -0.4 is 11.1 Å². The predicted octanol–water partition coefficient (Wildman–Crippen LogP) is -0.0611. The first-order chi connectivity index (χ1) is 8.95. The Hall–Kier alpha value is -0.950. The summed E-state index contributed by atoms with van der Waals surface area (Å²) in [6.07, 6.45) is 2.59. The van der Waals surface area contributed by atoms with Crippen LogP contribution in [0.1, 0.15) is 13.3 Å². The first kappa shape index (κ1) is 16.1. The third-order valence-electron chi connectivity index (χ3n) is 3.34. The molecule has 1 saturated heterocycles. The number of hydrogen-bond donors (Lipinski definition) is 2. The number of nitrogens with zero attached hydrogens (tertiary/aromatic N) is 2. The van der Waals surface area contributed by atoms with Gasteiger partial charge in [0.25, 0.3) is 0 Å². The molecular weight excluding hydrogens is 264 g/mol. The van der Waals surface area contributed by atoms with Gasteiger partial charge in [0, 0.05) is 25.7 Å². The van der Waals surface area contributed by atoms with E-state index in [0.717, 1.165) is 18.8 Å². The Kier molecular flexibility index (Phi) is 6.44. The van der Waals surface area contributed by atoms with Crippen LogP contribution in [0.2, 0.25) is 0 Å². The predicted molar refractivity (Wildman–Crippen MR) is 78.2 cm³/mol. The van der Waals surface area contributed by atoms with Gasteiger partial charge >= 0.3 is 6.03 Å². The molecule has 1 aliphatic rings. The van der Waals surface area contributed by atoms with Gasteiger partial charge in [0.1, 0.15) is 6.04 Å². The van der Waals surface area contributed by atoms with E-state index in [9.17, 15) is 9.59 Å². The molecule has 0 bridgehead atoms. The van der Waals surface area contributed by atoms with E-state index in [4.69, 9.17) is 5.73 Å². The minimum atomic E-state index is -0.638. The molecular formula is C12H24N4O2S. The maximum absolute atomic E-state index is 12.5. The number of piperazine rings is 1. The lowest BCUT2D eigenvalue weighted by Gasteiger charge is -2.39. The number of nitrogens with one attached hydrogen (secondary N) is 1. The Morgan fingerprint density at radius 2 is 2.16 bits per heavy atom. The minimum absolute atomic E-state index is 0.0200. The number of carbonyl (C=O) groups is 2. The summed E-state index contributed by atoms with van der Waals surface area (Å²) in [4.78, 5) is 27.6. The highest BCUT2D eigenvalue weighted by atomic mass is 32.2. The number of thioether (sulfide) groups is 1. The van der Waals surface area contributed by atoms with E-state index in [2.05, 4.69) is 10.2 Å². The zero-order chi connectivity index (χ0) is 14.4. The van der Waals surface area contributed by atoms with Gasteiger partial charge in [0.15, 0.2) is 0 Å². The molecule has 0 spiro atoms. The van der Waals surface area contributed by atoms with Crippen molar-refractivity contribution in [3.05, 3.63) is 0 Å². The van der Waals surface area contributed by atoms with Gasteiger partial charge in [0.2, 0.25) is 5.91 Å². The maximum Gasteiger partial charge on any atom is 0.312 e. The van der Waals surface area contributed by atoms with Crippen LogP contribution in [0.3, 0.4) is 0 Å². The second kappa shape index (κ2) is 7.59. The third-order valence-corrected chi connectivity index (χ3v) is 3.98. The minimum Gasteiger partial charge on any atom is -0.352 e. The van der Waals surface area contributed by atoms with Gasteiger partial charge in [-0.15, -0.1) is 0 Å². The van der Waals surface area contributed by atoms with E-state index >= 15 is 0 Å². The van der Waals surface area contributed by atoms with Crippen LogP contribution in [0.5, 0.6) is 0 Å². The van der Waals surface area contributed by atoms with Crippen LogP contribution in [-0.4, -0.2) is 72.5 Å². The van der Waals surface area contributed by atoms with Crippen LogP contribution >= 0.6 is 11.8 Å². The number of amides is 3. The SMILES string of the molecule is CSCC[C@@H](NC(N)=O)C(=O)N1CCN(C)C[C@H]1C. The van der Waals surface area contributed by atoms with Crippen LogP contribution in [0.25, 0.3) is 0 Å². The number of hydrogen-bond acceptors (Lipinski definition) is 4. The second-order valence-electron chi connectivity index (χ2n) is 4.99. The standard InChI is InChI=1S/C12H24N4O2S/c1-9-8-15(2)5-6-16(9)11(17)10(4-7-19-3)14-12(13)18/h9-10H,4-8H2,1-3H3,(H3,13,14,18)/t9-,10-/m1/s1. The fourth-order valence-corrected chi connectivity index (χ4v) is 2.80. The normalized spacial score (nSPS) is 22.1. The molecule has 1 aliphatic heterocycles. The molecule has 0 aliphatic carbocycles. The highest BCUT2D eigenvalue weighted by Gasteiger charge is 2.31. The molecule has 19 heavy (non-hydrogen) atoms. The zero-order valence-corrected chi connectivity index (χ0v) is 12.7. The lowest BCUT2D eigenvalue weighted by molar-refractivity contribution is -0.137. The maximum atomic E-state index is 12.5. The van der Waals surface area contributed by atoms with Gasteiger partial charge in [-0.05, 0) is 32.4 Å². The van der Waals surface area contributed by atoms with Crippen molar-refractivity contribution in [3.63, 3.8) is 0 Å². The van der Waals surface area contributed by atoms with Crippen molar-refractivity contribution in [2.45, 2.75) is 25.4 Å². The Morgan fingerprint density at radius 3 is 2.68 bits per heavy atom. The van der Waals surface area contributed by atoms with Crippen molar-refractivity contribution < 1.29 is 9.59 Å². The quantitative estimate of drug-likeness (QED) is 0.743. The number of carbonyl (C=O) groups excluding carboxylic acids is 2. The van der Waals surface area contributed by atoms with E-state index in [1.54, 1.807) is 11.8 Å². The van der Waals surface area contributed by atoms with E-state index < -0.39 is 12.1 Å². The lowest BCUT2D eigenvalue weighted by Crippen LogP contribution is -2.58. The van der Waals surface area contributed by atoms with Crippen LogP contribution in [0.15, 0.2) is 0 Å². The molecule has 1 heterocycles. The molecule has 0 saturated carbocycles. The van der Waals surface area contributed by atoms with Crippen LogP contribution in [-0.2, 0) is 4.79 Å². The Bertz CT molecular complexity index is 327. The van der Waals surface area contributed by atoms with Crippen molar-refractivity contribution in [3.8, 4) is 0 Å². The summed E-state index contributed by atoms with van der Waals surface area (Å²) in [5, 5.41) is 2.56. The first-order valence-corrected chi connectivity index (χ1v) is 7.89. The Labute approximate surface area is 119 Å². The number of urea groups is 1. The highest BCUT2D eigenvalue weighted by molar-refractivity contribution is 7.98. The van der Waals surface area contributed by atoms with Gasteiger partial charge in [0.05, 0.1) is 0 Å². The Morgan fingerprint density at radius 1 is 1.47 bits per heavy atom. The fraction of sp³-hybridized carbons (Fsp3) is 0.833. The number of primary amides is 1. The van der Waals surface area contributed by atoms with Crippen molar-refractivity contribution >= 4 is 23.7 Å². The van der Waals surface area contributed by atoms with Crippen molar-refractivity contribution in [2.75, 3.05) is 38.7 Å². The van der Waals surface area contributed by atoms with Gasteiger partial charge in [-0.1, -0.05) is 0 Å². The van der Waals surface area contributed by atoms with Crippen LogP contribution in [0, 0.1) is 0 Å². The summed E-state index contributed by atoms with van der Waals surface area (Å²) in [7, 11) is 2.05. The van der Waals surface area contributed by atoms with E-state index in [1.807, 2.05) is 25.1 Å². The summed E-state index contributed by atoms with van der Waals surface area (Å²) in [5.41, 5.74) is 5.15. The average Bonchev–Trinajstić information content (AvgIpc) is 2.33. The van der Waals surface area contributed by atoms with Gasteiger partial charge in [-0.25, -0.2) is 4.79 Å². The summed E-state index contributed by atoms with van der Waals surface area (Å²) < 4.78 is 0. The summed E-state index contributed by atoms with van der Waals surface area (Å²) >= 11 is 1.65. The van der Waals surface area contributed by atoms with Crippen molar-refractivity contribution in [2.24, 2.45) is 5.73 Å².